The Morgan fingerprint density at radius 2 is 0.857 bits per heavy atom. The second-order valence-electron chi connectivity index (χ2n) is 15.2. The summed E-state index contributed by atoms with van der Waals surface area (Å²) in [5, 5.41) is 5.20. The summed E-state index contributed by atoms with van der Waals surface area (Å²) in [5.74, 6) is 0.219. The molecule has 0 amide bonds. The SMILES string of the molecule is CC(C)(C)[Si](OCCCC/C=C/C(=O)CCCCCO[Si](c1ccccc1)(c1ccccc1)C(C)(C)C)(c1ccccc1)c1ccccc1. The standard InChI is InChI=1S/C44H58O3Si2/c1-43(2,3)48(39-28-16-9-17-29-39,40-30-18-10-19-31-40)46-36-24-8-7-14-26-38(45)27-15-13-25-37-47-49(44(4,5)6,41-32-20-11-21-33-41)42-34-22-12-23-35-42/h9-12,14,16-23,26,28-35H,7-8,13,15,24-25,27,36-37H2,1-6H3/b26-14+. The van der Waals surface area contributed by atoms with Gasteiger partial charge >= 0.3 is 0 Å². The van der Waals surface area contributed by atoms with Crippen molar-refractivity contribution in [2.75, 3.05) is 13.2 Å². The molecule has 0 saturated heterocycles. The number of benzene rings is 4. The van der Waals surface area contributed by atoms with E-state index in [9.17, 15) is 4.79 Å². The van der Waals surface area contributed by atoms with Crippen molar-refractivity contribution in [2.24, 2.45) is 0 Å². The van der Waals surface area contributed by atoms with Crippen LogP contribution in [0.25, 0.3) is 0 Å². The largest absolute Gasteiger partial charge is 0.407 e. The molecule has 0 aromatic heterocycles. The Kier molecular flexibility index (Phi) is 14.2. The minimum absolute atomic E-state index is 0.0183. The molecule has 0 N–H and O–H groups in total. The van der Waals surface area contributed by atoms with Gasteiger partial charge in [0.2, 0.25) is 0 Å². The van der Waals surface area contributed by atoms with Crippen LogP contribution in [-0.4, -0.2) is 35.6 Å². The molecule has 0 fully saturated rings. The maximum atomic E-state index is 12.7. The highest BCUT2D eigenvalue weighted by Crippen LogP contribution is 2.38. The molecule has 0 aliphatic carbocycles. The van der Waals surface area contributed by atoms with Gasteiger partial charge in [-0.3, -0.25) is 4.79 Å². The first-order valence-corrected chi connectivity index (χ1v) is 22.0. The monoisotopic (exact) mass is 690 g/mol. The molecule has 4 aromatic carbocycles. The summed E-state index contributed by atoms with van der Waals surface area (Å²) >= 11 is 0. The Morgan fingerprint density at radius 1 is 0.510 bits per heavy atom. The lowest BCUT2D eigenvalue weighted by atomic mass is 10.1. The Bertz CT molecular complexity index is 1480. The second-order valence-corrected chi connectivity index (χ2v) is 23.8. The molecule has 0 radical (unpaired) electrons. The maximum Gasteiger partial charge on any atom is 0.261 e. The molecule has 4 rings (SSSR count). The van der Waals surface area contributed by atoms with E-state index in [2.05, 4.69) is 169 Å². The van der Waals surface area contributed by atoms with Gasteiger partial charge in [-0.15, -0.1) is 0 Å². The van der Waals surface area contributed by atoms with Crippen LogP contribution in [0.3, 0.4) is 0 Å². The summed E-state index contributed by atoms with van der Waals surface area (Å²) in [7, 11) is -5.00. The first-order chi connectivity index (χ1) is 23.5. The summed E-state index contributed by atoms with van der Waals surface area (Å²) < 4.78 is 14.0. The van der Waals surface area contributed by atoms with Crippen LogP contribution in [0.2, 0.25) is 10.1 Å². The quantitative estimate of drug-likeness (QED) is 0.0594. The third-order valence-electron chi connectivity index (χ3n) is 9.61. The van der Waals surface area contributed by atoms with Gasteiger partial charge in [-0.05, 0) is 69.0 Å². The first kappa shape index (κ1) is 38.4. The fourth-order valence-electron chi connectivity index (χ4n) is 7.21. The molecule has 5 heteroatoms. The number of allylic oxidation sites excluding steroid dienone is 2. The van der Waals surface area contributed by atoms with E-state index in [1.165, 1.54) is 20.7 Å². The summed E-state index contributed by atoms with van der Waals surface area (Å²) in [6, 6.07) is 43.2. The number of hydrogen-bond donors (Lipinski definition) is 0. The molecular weight excluding hydrogens is 633 g/mol. The average molecular weight is 691 g/mol. The molecular formula is C44H58O3Si2. The van der Waals surface area contributed by atoms with E-state index in [4.69, 9.17) is 8.85 Å². The molecule has 0 saturated carbocycles. The van der Waals surface area contributed by atoms with Crippen LogP contribution in [0, 0.1) is 0 Å². The van der Waals surface area contributed by atoms with Gasteiger partial charge in [0.05, 0.1) is 0 Å². The summed E-state index contributed by atoms with van der Waals surface area (Å²) in [5.41, 5.74) is 0. The normalized spacial score (nSPS) is 12.8. The molecule has 0 spiro atoms. The lowest BCUT2D eigenvalue weighted by Crippen LogP contribution is -2.66. The zero-order valence-electron chi connectivity index (χ0n) is 30.8. The Balaban J connectivity index is 1.22. The van der Waals surface area contributed by atoms with Crippen molar-refractivity contribution in [1.82, 2.24) is 0 Å². The maximum absolute atomic E-state index is 12.7. The van der Waals surface area contributed by atoms with E-state index in [0.29, 0.717) is 19.6 Å². The van der Waals surface area contributed by atoms with Crippen LogP contribution in [0.4, 0.5) is 0 Å². The fraction of sp³-hybridized carbons (Fsp3) is 0.386. The highest BCUT2D eigenvalue weighted by atomic mass is 28.4. The highest BCUT2D eigenvalue weighted by Gasteiger charge is 2.51. The number of rotatable bonds is 18. The molecule has 0 unspecified atom stereocenters. The summed E-state index contributed by atoms with van der Waals surface area (Å²) in [6.45, 7) is 15.3. The first-order valence-electron chi connectivity index (χ1n) is 18.2. The molecule has 3 nitrogen and oxygen atoms in total. The number of carbonyl (C=O) groups is 1. The van der Waals surface area contributed by atoms with Crippen molar-refractivity contribution in [1.29, 1.82) is 0 Å². The van der Waals surface area contributed by atoms with E-state index in [-0.39, 0.29) is 15.9 Å². The van der Waals surface area contributed by atoms with E-state index >= 15 is 0 Å². The molecule has 0 bridgehead atoms. The van der Waals surface area contributed by atoms with Crippen molar-refractivity contribution in [3.8, 4) is 0 Å². The van der Waals surface area contributed by atoms with Crippen LogP contribution < -0.4 is 20.7 Å². The molecule has 260 valence electrons. The van der Waals surface area contributed by atoms with Crippen LogP contribution in [0.5, 0.6) is 0 Å². The van der Waals surface area contributed by atoms with Crippen molar-refractivity contribution < 1.29 is 13.6 Å². The topological polar surface area (TPSA) is 35.5 Å². The van der Waals surface area contributed by atoms with Crippen LogP contribution in [0.1, 0.15) is 86.5 Å². The lowest BCUT2D eigenvalue weighted by molar-refractivity contribution is -0.114. The number of hydrogen-bond acceptors (Lipinski definition) is 3. The smallest absolute Gasteiger partial charge is 0.261 e. The van der Waals surface area contributed by atoms with Gasteiger partial charge in [-0.1, -0.05) is 175 Å². The zero-order valence-corrected chi connectivity index (χ0v) is 32.8. The third-order valence-corrected chi connectivity index (χ3v) is 19.7. The molecule has 0 heterocycles. The third kappa shape index (κ3) is 9.67. The van der Waals surface area contributed by atoms with E-state index in [0.717, 1.165) is 38.5 Å². The van der Waals surface area contributed by atoms with E-state index < -0.39 is 16.6 Å². The second kappa shape index (κ2) is 18.0. The minimum atomic E-state index is -2.50. The molecule has 4 aromatic rings. The van der Waals surface area contributed by atoms with Crippen LogP contribution in [0.15, 0.2) is 133 Å². The molecule has 49 heavy (non-hydrogen) atoms. The van der Waals surface area contributed by atoms with Crippen molar-refractivity contribution in [3.63, 3.8) is 0 Å². The molecule has 0 aliphatic rings. The number of ketones is 1. The van der Waals surface area contributed by atoms with Gasteiger partial charge in [0.15, 0.2) is 5.78 Å². The van der Waals surface area contributed by atoms with Gasteiger partial charge in [0, 0.05) is 19.6 Å². The summed E-state index contributed by atoms with van der Waals surface area (Å²) in [6.07, 6.45) is 10.1. The molecule has 0 atom stereocenters. The van der Waals surface area contributed by atoms with Gasteiger partial charge in [-0.25, -0.2) is 0 Å². The highest BCUT2D eigenvalue weighted by molar-refractivity contribution is 7.00. The Hall–Kier alpha value is -3.36. The predicted molar refractivity (Wildman–Crippen MR) is 214 cm³/mol. The summed E-state index contributed by atoms with van der Waals surface area (Å²) in [4.78, 5) is 12.7. The number of carbonyl (C=O) groups excluding carboxylic acids is 1. The van der Waals surface area contributed by atoms with Gasteiger partial charge in [0.1, 0.15) is 0 Å². The van der Waals surface area contributed by atoms with Crippen molar-refractivity contribution >= 4 is 43.2 Å². The average Bonchev–Trinajstić information content (AvgIpc) is 3.09. The van der Waals surface area contributed by atoms with Gasteiger partial charge < -0.3 is 8.85 Å². The van der Waals surface area contributed by atoms with Crippen molar-refractivity contribution in [2.45, 2.75) is 96.6 Å². The minimum Gasteiger partial charge on any atom is -0.407 e. The fourth-order valence-corrected chi connectivity index (χ4v) is 16.4. The van der Waals surface area contributed by atoms with Crippen LogP contribution >= 0.6 is 0 Å². The zero-order chi connectivity index (χ0) is 35.2. The molecule has 0 aliphatic heterocycles. The van der Waals surface area contributed by atoms with E-state index in [1.807, 2.05) is 0 Å². The van der Waals surface area contributed by atoms with Crippen molar-refractivity contribution in [3.05, 3.63) is 133 Å². The predicted octanol–water partition coefficient (Wildman–Crippen LogP) is 9.00. The van der Waals surface area contributed by atoms with Gasteiger partial charge in [-0.2, -0.15) is 0 Å². The van der Waals surface area contributed by atoms with E-state index in [1.54, 1.807) is 6.08 Å². The van der Waals surface area contributed by atoms with Crippen LogP contribution in [-0.2, 0) is 13.6 Å². The Morgan fingerprint density at radius 3 is 1.20 bits per heavy atom. The Labute approximate surface area is 299 Å². The lowest BCUT2D eigenvalue weighted by Gasteiger charge is -2.43. The van der Waals surface area contributed by atoms with Gasteiger partial charge in [0.25, 0.3) is 16.6 Å². The number of unbranched alkanes of at least 4 members (excludes halogenated alkanes) is 4.